The molecule has 2 aliphatic rings. The lowest BCUT2D eigenvalue weighted by Crippen LogP contribution is -2.37. The molecule has 2 aromatic heterocycles. The molecule has 1 unspecified atom stereocenters. The van der Waals surface area contributed by atoms with Gasteiger partial charge in [0.25, 0.3) is 0 Å². The number of nitrogens with one attached hydrogen (secondary N) is 1. The number of aromatic nitrogens is 2. The summed E-state index contributed by atoms with van der Waals surface area (Å²) in [5.74, 6) is 2.56. The van der Waals surface area contributed by atoms with E-state index >= 15 is 0 Å². The fourth-order valence-corrected chi connectivity index (χ4v) is 4.20. The number of hydrogen-bond acceptors (Lipinski definition) is 4. The van der Waals surface area contributed by atoms with E-state index in [2.05, 4.69) is 34.3 Å². The Balaban J connectivity index is 1.20. The van der Waals surface area contributed by atoms with Gasteiger partial charge in [0, 0.05) is 37.8 Å². The van der Waals surface area contributed by atoms with Gasteiger partial charge in [-0.2, -0.15) is 0 Å². The first kappa shape index (κ1) is 17.3. The summed E-state index contributed by atoms with van der Waals surface area (Å²) in [5, 5.41) is 3.10. The maximum atomic E-state index is 12.5. The van der Waals surface area contributed by atoms with E-state index in [4.69, 9.17) is 4.42 Å². The molecule has 6 heteroatoms. The normalized spacial score (nSPS) is 21.8. The lowest BCUT2D eigenvalue weighted by molar-refractivity contribution is -0.123. The lowest BCUT2D eigenvalue weighted by Gasteiger charge is -2.32. The van der Waals surface area contributed by atoms with Crippen LogP contribution in [0.25, 0.3) is 0 Å². The Labute approximate surface area is 154 Å². The Bertz CT molecular complexity index is 729. The van der Waals surface area contributed by atoms with Gasteiger partial charge in [-0.15, -0.1) is 0 Å². The number of carbonyl (C=O) groups excluding carboxylic acids is 1. The molecule has 1 aliphatic heterocycles. The second-order valence-corrected chi connectivity index (χ2v) is 7.71. The minimum Gasteiger partial charge on any atom is -0.465 e. The molecule has 0 radical (unpaired) electrons. The van der Waals surface area contributed by atoms with E-state index < -0.39 is 0 Å². The largest absolute Gasteiger partial charge is 0.465 e. The molecule has 1 saturated carbocycles. The molecule has 2 fully saturated rings. The number of imidazole rings is 1. The van der Waals surface area contributed by atoms with Gasteiger partial charge in [0.2, 0.25) is 5.91 Å². The van der Waals surface area contributed by atoms with Gasteiger partial charge in [0.1, 0.15) is 11.5 Å². The quantitative estimate of drug-likeness (QED) is 0.828. The van der Waals surface area contributed by atoms with Crippen LogP contribution in [-0.2, 0) is 24.3 Å². The first-order valence-corrected chi connectivity index (χ1v) is 9.72. The van der Waals surface area contributed by atoms with E-state index in [1.54, 1.807) is 12.5 Å². The Kier molecular flexibility index (Phi) is 4.85. The first-order chi connectivity index (χ1) is 12.7. The average molecular weight is 356 g/mol. The van der Waals surface area contributed by atoms with Crippen LogP contribution >= 0.6 is 0 Å². The number of amides is 1. The molecule has 1 atom stereocenters. The maximum absolute atomic E-state index is 12.5. The Morgan fingerprint density at radius 1 is 1.35 bits per heavy atom. The summed E-state index contributed by atoms with van der Waals surface area (Å²) in [4.78, 5) is 18.9. The van der Waals surface area contributed by atoms with Gasteiger partial charge in [0.05, 0.1) is 12.9 Å². The van der Waals surface area contributed by atoms with Crippen molar-refractivity contribution in [2.45, 2.75) is 45.7 Å². The summed E-state index contributed by atoms with van der Waals surface area (Å²) in [6.07, 6.45) is 9.70. The van der Waals surface area contributed by atoms with Crippen molar-refractivity contribution in [1.29, 1.82) is 0 Å². The average Bonchev–Trinajstić information content (AvgIpc) is 3.02. The fourth-order valence-electron chi connectivity index (χ4n) is 4.20. The minimum atomic E-state index is 0.211. The van der Waals surface area contributed by atoms with Gasteiger partial charge in [-0.05, 0) is 49.9 Å². The van der Waals surface area contributed by atoms with Crippen LogP contribution in [-0.4, -0.2) is 40.0 Å². The number of likely N-dealkylation sites (tertiary alicyclic amines) is 1. The van der Waals surface area contributed by atoms with Crippen molar-refractivity contribution < 1.29 is 9.21 Å². The third-order valence-electron chi connectivity index (χ3n) is 6.03. The molecule has 26 heavy (non-hydrogen) atoms. The molecule has 3 heterocycles. The molecular weight excluding hydrogens is 328 g/mol. The highest BCUT2D eigenvalue weighted by Gasteiger charge is 2.58. The van der Waals surface area contributed by atoms with Crippen LogP contribution in [0.4, 0.5) is 0 Å². The van der Waals surface area contributed by atoms with E-state index in [1.807, 2.05) is 10.8 Å². The minimum absolute atomic E-state index is 0.211. The molecule has 2 aromatic rings. The van der Waals surface area contributed by atoms with Crippen molar-refractivity contribution in [3.8, 4) is 0 Å². The van der Waals surface area contributed by atoms with E-state index in [0.29, 0.717) is 6.54 Å². The van der Waals surface area contributed by atoms with Crippen LogP contribution in [0.2, 0.25) is 0 Å². The summed E-state index contributed by atoms with van der Waals surface area (Å²) in [6.45, 7) is 6.56. The van der Waals surface area contributed by atoms with Crippen LogP contribution in [0.3, 0.4) is 0 Å². The third-order valence-corrected chi connectivity index (χ3v) is 6.03. The van der Waals surface area contributed by atoms with Crippen molar-refractivity contribution >= 4 is 5.91 Å². The van der Waals surface area contributed by atoms with Crippen molar-refractivity contribution in [2.24, 2.45) is 11.3 Å². The highest BCUT2D eigenvalue weighted by Crippen LogP contribution is 2.59. The first-order valence-electron chi connectivity index (χ1n) is 9.72. The lowest BCUT2D eigenvalue weighted by atomic mass is 9.90. The third kappa shape index (κ3) is 3.70. The Morgan fingerprint density at radius 3 is 2.85 bits per heavy atom. The summed E-state index contributed by atoms with van der Waals surface area (Å²) >= 11 is 0. The van der Waals surface area contributed by atoms with Gasteiger partial charge >= 0.3 is 0 Å². The summed E-state index contributed by atoms with van der Waals surface area (Å²) < 4.78 is 7.81. The number of aryl methyl sites for hydroxylation is 1. The SMILES string of the molecule is CCc1ccc(CN2CCC3(CC2)CC3C(=O)NCCn2ccnc2)o1. The van der Waals surface area contributed by atoms with Crippen LogP contribution in [0, 0.1) is 11.3 Å². The highest BCUT2D eigenvalue weighted by atomic mass is 16.3. The van der Waals surface area contributed by atoms with E-state index in [0.717, 1.165) is 63.4 Å². The molecule has 1 amide bonds. The predicted molar refractivity (Wildman–Crippen MR) is 98.4 cm³/mol. The molecule has 1 N–H and O–H groups in total. The van der Waals surface area contributed by atoms with Gasteiger partial charge < -0.3 is 14.3 Å². The van der Waals surface area contributed by atoms with Gasteiger partial charge in [-0.25, -0.2) is 4.98 Å². The van der Waals surface area contributed by atoms with Crippen LogP contribution in [0.1, 0.15) is 37.7 Å². The molecule has 1 saturated heterocycles. The molecule has 4 rings (SSSR count). The zero-order valence-corrected chi connectivity index (χ0v) is 15.5. The second kappa shape index (κ2) is 7.27. The van der Waals surface area contributed by atoms with Gasteiger partial charge in [-0.3, -0.25) is 9.69 Å². The zero-order chi connectivity index (χ0) is 18.0. The van der Waals surface area contributed by atoms with Crippen LogP contribution in [0.5, 0.6) is 0 Å². The van der Waals surface area contributed by atoms with Gasteiger partial charge in [-0.1, -0.05) is 6.92 Å². The maximum Gasteiger partial charge on any atom is 0.223 e. The molecular formula is C20H28N4O2. The smallest absolute Gasteiger partial charge is 0.223 e. The topological polar surface area (TPSA) is 63.3 Å². The highest BCUT2D eigenvalue weighted by molar-refractivity contribution is 5.82. The molecule has 6 nitrogen and oxygen atoms in total. The fraction of sp³-hybridized carbons (Fsp3) is 0.600. The van der Waals surface area contributed by atoms with Crippen molar-refractivity contribution in [3.05, 3.63) is 42.4 Å². The molecule has 1 spiro atoms. The Hall–Kier alpha value is -2.08. The molecule has 0 bridgehead atoms. The second-order valence-electron chi connectivity index (χ2n) is 7.71. The monoisotopic (exact) mass is 356 g/mol. The van der Waals surface area contributed by atoms with Crippen molar-refractivity contribution in [3.63, 3.8) is 0 Å². The Morgan fingerprint density at radius 2 is 2.15 bits per heavy atom. The van der Waals surface area contributed by atoms with Gasteiger partial charge in [0.15, 0.2) is 0 Å². The standard InChI is InChI=1S/C20H28N4O2/c1-2-16-3-4-17(26-16)14-23-9-5-20(6-10-23)13-18(20)19(25)22-8-12-24-11-7-21-15-24/h3-4,7,11,15,18H,2,5-6,8-10,12-14H2,1H3,(H,22,25). The number of rotatable bonds is 7. The zero-order valence-electron chi connectivity index (χ0n) is 15.5. The van der Waals surface area contributed by atoms with Crippen LogP contribution < -0.4 is 5.32 Å². The molecule has 1 aliphatic carbocycles. The summed E-state index contributed by atoms with van der Waals surface area (Å²) in [6, 6.07) is 4.17. The summed E-state index contributed by atoms with van der Waals surface area (Å²) in [5.41, 5.74) is 0.257. The van der Waals surface area contributed by atoms with Crippen molar-refractivity contribution in [2.75, 3.05) is 19.6 Å². The molecule has 140 valence electrons. The predicted octanol–water partition coefficient (Wildman–Crippen LogP) is 2.46. The number of carbonyl (C=O) groups is 1. The summed E-state index contributed by atoms with van der Waals surface area (Å²) in [7, 11) is 0. The molecule has 0 aromatic carbocycles. The van der Waals surface area contributed by atoms with E-state index in [9.17, 15) is 4.79 Å². The number of furan rings is 1. The van der Waals surface area contributed by atoms with Crippen LogP contribution in [0.15, 0.2) is 35.3 Å². The van der Waals surface area contributed by atoms with E-state index in [-0.39, 0.29) is 17.2 Å². The number of piperidine rings is 1. The van der Waals surface area contributed by atoms with Crippen molar-refractivity contribution in [1.82, 2.24) is 19.8 Å². The number of hydrogen-bond donors (Lipinski definition) is 1. The van der Waals surface area contributed by atoms with E-state index in [1.165, 1.54) is 0 Å². The number of nitrogens with zero attached hydrogens (tertiary/aromatic N) is 3.